The van der Waals surface area contributed by atoms with Crippen molar-refractivity contribution in [2.24, 2.45) is 0 Å². The van der Waals surface area contributed by atoms with E-state index in [0.717, 1.165) is 9.35 Å². The average molecular weight is 327 g/mol. The molecule has 1 N–H and O–H groups in total. The van der Waals surface area contributed by atoms with Crippen molar-refractivity contribution in [2.45, 2.75) is 31.6 Å². The van der Waals surface area contributed by atoms with Gasteiger partial charge in [0.1, 0.15) is 0 Å². The van der Waals surface area contributed by atoms with E-state index in [4.69, 9.17) is 0 Å². The Morgan fingerprint density at radius 1 is 1.50 bits per heavy atom. The molecule has 0 aliphatic heterocycles. The van der Waals surface area contributed by atoms with Crippen molar-refractivity contribution in [3.63, 3.8) is 0 Å². The highest BCUT2D eigenvalue weighted by Crippen LogP contribution is 2.22. The zero-order chi connectivity index (χ0) is 12.4. The second-order valence-electron chi connectivity index (χ2n) is 4.41. The fraction of sp³-hybridized carbons (Fsp3) is 0.600. The zero-order valence-electron chi connectivity index (χ0n) is 9.23. The summed E-state index contributed by atoms with van der Waals surface area (Å²) in [5.74, 6) is 0.0646. The lowest BCUT2D eigenvalue weighted by Gasteiger charge is -2.16. The van der Waals surface area contributed by atoms with Crippen LogP contribution in [0.4, 0.5) is 0 Å². The van der Waals surface area contributed by atoms with Gasteiger partial charge in [-0.2, -0.15) is 0 Å². The standard InChI is InChI=1S/C10H15BrO3S2/c1-10(2,12)3-4-16(13,14)7-8-5-9(11)15-6-8/h5-6,12H,3-4,7H2,1-2H3. The molecule has 6 heteroatoms. The van der Waals surface area contributed by atoms with Gasteiger partial charge in [-0.3, -0.25) is 0 Å². The first-order chi connectivity index (χ1) is 7.18. The highest BCUT2D eigenvalue weighted by atomic mass is 79.9. The molecule has 1 aromatic heterocycles. The molecule has 16 heavy (non-hydrogen) atoms. The highest BCUT2D eigenvalue weighted by Gasteiger charge is 2.19. The van der Waals surface area contributed by atoms with Gasteiger partial charge in [0, 0.05) is 0 Å². The van der Waals surface area contributed by atoms with Gasteiger partial charge in [-0.05, 0) is 53.2 Å². The molecule has 0 atom stereocenters. The smallest absolute Gasteiger partial charge is 0.154 e. The summed E-state index contributed by atoms with van der Waals surface area (Å²) >= 11 is 4.77. The summed E-state index contributed by atoms with van der Waals surface area (Å²) in [7, 11) is -3.13. The van der Waals surface area contributed by atoms with Crippen molar-refractivity contribution in [2.75, 3.05) is 5.75 Å². The fourth-order valence-electron chi connectivity index (χ4n) is 1.15. The molecule has 0 bridgehead atoms. The van der Waals surface area contributed by atoms with E-state index in [1.165, 1.54) is 11.3 Å². The third kappa shape index (κ3) is 5.43. The molecule has 92 valence electrons. The van der Waals surface area contributed by atoms with Gasteiger partial charge in [-0.15, -0.1) is 11.3 Å². The molecule has 3 nitrogen and oxygen atoms in total. The summed E-state index contributed by atoms with van der Waals surface area (Å²) in [6.45, 7) is 3.23. The van der Waals surface area contributed by atoms with Crippen LogP contribution in [-0.4, -0.2) is 24.9 Å². The maximum absolute atomic E-state index is 11.7. The Labute approximate surface area is 109 Å². The molecule has 0 unspecified atom stereocenters. The first-order valence-electron chi connectivity index (χ1n) is 4.84. The van der Waals surface area contributed by atoms with Crippen LogP contribution in [0.2, 0.25) is 0 Å². The number of thiophene rings is 1. The number of rotatable bonds is 5. The second kappa shape index (κ2) is 5.16. The van der Waals surface area contributed by atoms with Gasteiger partial charge in [-0.1, -0.05) is 0 Å². The van der Waals surface area contributed by atoms with Gasteiger partial charge in [0.2, 0.25) is 0 Å². The van der Waals surface area contributed by atoms with E-state index >= 15 is 0 Å². The van der Waals surface area contributed by atoms with E-state index < -0.39 is 15.4 Å². The van der Waals surface area contributed by atoms with Crippen LogP contribution >= 0.6 is 27.3 Å². The van der Waals surface area contributed by atoms with E-state index in [-0.39, 0.29) is 17.9 Å². The summed E-state index contributed by atoms with van der Waals surface area (Å²) in [6, 6.07) is 1.81. The molecule has 1 rings (SSSR count). The fourth-order valence-corrected chi connectivity index (χ4v) is 4.10. The quantitative estimate of drug-likeness (QED) is 0.904. The lowest BCUT2D eigenvalue weighted by molar-refractivity contribution is 0.0772. The first-order valence-corrected chi connectivity index (χ1v) is 8.33. The molecule has 0 radical (unpaired) electrons. The number of aliphatic hydroxyl groups is 1. The Kier molecular flexibility index (Phi) is 4.57. The molecule has 0 saturated heterocycles. The summed E-state index contributed by atoms with van der Waals surface area (Å²) in [5.41, 5.74) is -0.130. The normalized spacial score (nSPS) is 13.0. The van der Waals surface area contributed by atoms with E-state index in [0.29, 0.717) is 0 Å². The maximum Gasteiger partial charge on any atom is 0.154 e. The van der Waals surface area contributed by atoms with Crippen molar-refractivity contribution in [3.05, 3.63) is 20.8 Å². The van der Waals surface area contributed by atoms with Crippen LogP contribution < -0.4 is 0 Å². The topological polar surface area (TPSA) is 54.4 Å². The van der Waals surface area contributed by atoms with Crippen LogP contribution in [0.25, 0.3) is 0 Å². The van der Waals surface area contributed by atoms with Crippen LogP contribution in [0, 0.1) is 0 Å². The van der Waals surface area contributed by atoms with Gasteiger partial charge in [-0.25, -0.2) is 8.42 Å². The third-order valence-electron chi connectivity index (χ3n) is 2.03. The monoisotopic (exact) mass is 326 g/mol. The molecular weight excluding hydrogens is 312 g/mol. The zero-order valence-corrected chi connectivity index (χ0v) is 12.5. The van der Waals surface area contributed by atoms with Gasteiger partial charge >= 0.3 is 0 Å². The summed E-state index contributed by atoms with van der Waals surface area (Å²) in [4.78, 5) is 0. The van der Waals surface area contributed by atoms with Crippen molar-refractivity contribution in [1.82, 2.24) is 0 Å². The number of hydrogen-bond acceptors (Lipinski definition) is 4. The molecule has 0 fully saturated rings. The van der Waals surface area contributed by atoms with Crippen LogP contribution in [-0.2, 0) is 15.6 Å². The predicted octanol–water partition coefficient (Wildman–Crippen LogP) is 2.59. The minimum Gasteiger partial charge on any atom is -0.390 e. The molecule has 0 spiro atoms. The van der Waals surface area contributed by atoms with Crippen molar-refractivity contribution in [3.8, 4) is 0 Å². The van der Waals surface area contributed by atoms with E-state index in [2.05, 4.69) is 15.9 Å². The molecule has 0 aromatic carbocycles. The molecule has 0 saturated carbocycles. The largest absolute Gasteiger partial charge is 0.390 e. The van der Waals surface area contributed by atoms with E-state index in [9.17, 15) is 13.5 Å². The Morgan fingerprint density at radius 2 is 2.12 bits per heavy atom. The van der Waals surface area contributed by atoms with Crippen molar-refractivity contribution >= 4 is 37.1 Å². The van der Waals surface area contributed by atoms with Crippen LogP contribution in [0.15, 0.2) is 15.2 Å². The van der Waals surface area contributed by atoms with Gasteiger partial charge in [0.15, 0.2) is 9.84 Å². The lowest BCUT2D eigenvalue weighted by atomic mass is 10.1. The van der Waals surface area contributed by atoms with Crippen LogP contribution in [0.3, 0.4) is 0 Å². The number of sulfone groups is 1. The Hall–Kier alpha value is 0.0900. The van der Waals surface area contributed by atoms with E-state index in [1.54, 1.807) is 13.8 Å². The Balaban J connectivity index is 2.59. The van der Waals surface area contributed by atoms with Crippen LogP contribution in [0.5, 0.6) is 0 Å². The highest BCUT2D eigenvalue weighted by molar-refractivity contribution is 9.11. The third-order valence-corrected chi connectivity index (χ3v) is 5.19. The van der Waals surface area contributed by atoms with Crippen molar-refractivity contribution in [1.29, 1.82) is 0 Å². The average Bonchev–Trinajstić information content (AvgIpc) is 2.46. The van der Waals surface area contributed by atoms with E-state index in [1.807, 2.05) is 11.4 Å². The Bertz CT molecular complexity index is 443. The second-order valence-corrected chi connectivity index (χ2v) is 8.89. The predicted molar refractivity (Wildman–Crippen MR) is 70.4 cm³/mol. The molecule has 0 aliphatic carbocycles. The van der Waals surface area contributed by atoms with Crippen LogP contribution in [0.1, 0.15) is 25.8 Å². The minimum absolute atomic E-state index is 0.0178. The van der Waals surface area contributed by atoms with Gasteiger partial charge in [0.05, 0.1) is 20.9 Å². The van der Waals surface area contributed by atoms with Gasteiger partial charge < -0.3 is 5.11 Å². The van der Waals surface area contributed by atoms with Gasteiger partial charge in [0.25, 0.3) is 0 Å². The molecular formula is C10H15BrO3S2. The lowest BCUT2D eigenvalue weighted by Crippen LogP contribution is -2.23. The molecule has 1 heterocycles. The summed E-state index contributed by atoms with van der Waals surface area (Å²) in [6.07, 6.45) is 0.265. The molecule has 1 aromatic rings. The Morgan fingerprint density at radius 3 is 2.56 bits per heavy atom. The maximum atomic E-state index is 11.7. The van der Waals surface area contributed by atoms with Crippen molar-refractivity contribution < 1.29 is 13.5 Å². The summed E-state index contributed by atoms with van der Waals surface area (Å²) in [5, 5.41) is 11.3. The molecule has 0 aliphatic rings. The SMILES string of the molecule is CC(C)(O)CCS(=O)(=O)Cc1csc(Br)c1. The molecule has 0 amide bonds. The summed E-state index contributed by atoms with van der Waals surface area (Å²) < 4.78 is 24.4. The number of hydrogen-bond donors (Lipinski definition) is 1. The number of halogens is 1. The first kappa shape index (κ1) is 14.2. The minimum atomic E-state index is -3.13.